The molecule has 0 saturated heterocycles. The molecule has 0 amide bonds. The fourth-order valence-corrected chi connectivity index (χ4v) is 2.13. The normalized spacial score (nSPS) is 11.4. The number of benzene rings is 1. The van der Waals surface area contributed by atoms with Crippen molar-refractivity contribution in [3.63, 3.8) is 0 Å². The minimum Gasteiger partial charge on any atom is -0.496 e. The van der Waals surface area contributed by atoms with Crippen molar-refractivity contribution in [3.05, 3.63) is 34.9 Å². The molecule has 20 heavy (non-hydrogen) atoms. The van der Waals surface area contributed by atoms with Gasteiger partial charge in [0.15, 0.2) is 0 Å². The summed E-state index contributed by atoms with van der Waals surface area (Å²) in [5.74, 6) is 1.26. The molecule has 3 heteroatoms. The van der Waals surface area contributed by atoms with E-state index in [0.717, 1.165) is 22.4 Å². The largest absolute Gasteiger partial charge is 0.496 e. The summed E-state index contributed by atoms with van der Waals surface area (Å²) in [7, 11) is 3.07. The Hall–Kier alpha value is -1.77. The van der Waals surface area contributed by atoms with Gasteiger partial charge in [0.25, 0.3) is 0 Å². The maximum absolute atomic E-state index is 11.3. The molecule has 0 aliphatic heterocycles. The fourth-order valence-electron chi connectivity index (χ4n) is 2.13. The van der Waals surface area contributed by atoms with Crippen LogP contribution in [0.25, 0.3) is 6.08 Å². The molecule has 0 aromatic heterocycles. The van der Waals surface area contributed by atoms with Crippen LogP contribution in [0, 0.1) is 0 Å². The maximum Gasteiger partial charge on any atom is 0.330 e. The van der Waals surface area contributed by atoms with Crippen molar-refractivity contribution in [2.45, 2.75) is 39.5 Å². The van der Waals surface area contributed by atoms with Gasteiger partial charge in [-0.05, 0) is 46.7 Å². The van der Waals surface area contributed by atoms with Gasteiger partial charge in [0.1, 0.15) is 5.75 Å². The van der Waals surface area contributed by atoms with Crippen LogP contribution in [-0.4, -0.2) is 20.2 Å². The number of esters is 1. The number of carbonyl (C=O) groups is 1. The third-order valence-electron chi connectivity index (χ3n) is 3.28. The Bertz CT molecular complexity index is 499. The minimum atomic E-state index is -0.346. The van der Waals surface area contributed by atoms with Crippen LogP contribution in [0.1, 0.15) is 56.2 Å². The molecule has 0 radical (unpaired) electrons. The number of rotatable bonds is 5. The highest BCUT2D eigenvalue weighted by molar-refractivity contribution is 5.87. The highest BCUT2D eigenvalue weighted by atomic mass is 16.5. The van der Waals surface area contributed by atoms with E-state index >= 15 is 0 Å². The highest BCUT2D eigenvalue weighted by Crippen LogP contribution is 2.33. The van der Waals surface area contributed by atoms with Crippen LogP contribution in [0.4, 0.5) is 0 Å². The van der Waals surface area contributed by atoms with Crippen LogP contribution >= 0.6 is 0 Å². The molecule has 1 aromatic rings. The zero-order chi connectivity index (χ0) is 15.3. The average molecular weight is 276 g/mol. The van der Waals surface area contributed by atoms with Gasteiger partial charge in [0.05, 0.1) is 14.2 Å². The molecule has 3 nitrogen and oxygen atoms in total. The molecule has 0 saturated carbocycles. The van der Waals surface area contributed by atoms with E-state index in [0.29, 0.717) is 11.8 Å². The van der Waals surface area contributed by atoms with Crippen LogP contribution in [0.2, 0.25) is 0 Å². The number of hydrogen-bond acceptors (Lipinski definition) is 3. The lowest BCUT2D eigenvalue weighted by molar-refractivity contribution is -0.134. The SMILES string of the molecule is COC(=O)C=Cc1cc(C(C)C)c(OC)cc1C(C)C. The quantitative estimate of drug-likeness (QED) is 0.599. The summed E-state index contributed by atoms with van der Waals surface area (Å²) in [4.78, 5) is 11.3. The van der Waals surface area contributed by atoms with Crippen LogP contribution in [0.15, 0.2) is 18.2 Å². The van der Waals surface area contributed by atoms with Gasteiger partial charge >= 0.3 is 5.97 Å². The molecule has 1 aromatic carbocycles. The lowest BCUT2D eigenvalue weighted by atomic mass is 9.91. The van der Waals surface area contributed by atoms with Crippen molar-refractivity contribution in [3.8, 4) is 5.75 Å². The van der Waals surface area contributed by atoms with Gasteiger partial charge in [0, 0.05) is 6.08 Å². The van der Waals surface area contributed by atoms with Crippen LogP contribution in [0.5, 0.6) is 5.75 Å². The zero-order valence-corrected chi connectivity index (χ0v) is 13.2. The summed E-state index contributed by atoms with van der Waals surface area (Å²) in [6.45, 7) is 8.50. The van der Waals surface area contributed by atoms with Gasteiger partial charge in [-0.2, -0.15) is 0 Å². The van der Waals surface area contributed by atoms with Crippen LogP contribution in [0.3, 0.4) is 0 Å². The van der Waals surface area contributed by atoms with E-state index < -0.39 is 0 Å². The van der Waals surface area contributed by atoms with Crippen molar-refractivity contribution in [1.29, 1.82) is 0 Å². The topological polar surface area (TPSA) is 35.5 Å². The van der Waals surface area contributed by atoms with E-state index in [1.54, 1.807) is 7.11 Å². The van der Waals surface area contributed by atoms with Crippen molar-refractivity contribution < 1.29 is 14.3 Å². The molecule has 0 heterocycles. The standard InChI is InChI=1S/C17H24O3/c1-11(2)14-10-16(19-5)15(12(3)4)9-13(14)7-8-17(18)20-6/h7-12H,1-6H3. The van der Waals surface area contributed by atoms with Gasteiger partial charge in [-0.25, -0.2) is 4.79 Å². The lowest BCUT2D eigenvalue weighted by Crippen LogP contribution is -2.01. The number of carbonyl (C=O) groups excluding carboxylic acids is 1. The second-order valence-electron chi connectivity index (χ2n) is 5.39. The molecular formula is C17H24O3. The molecule has 0 N–H and O–H groups in total. The number of hydrogen-bond donors (Lipinski definition) is 0. The lowest BCUT2D eigenvalue weighted by Gasteiger charge is -2.18. The summed E-state index contributed by atoms with van der Waals surface area (Å²) in [6.07, 6.45) is 3.27. The number of methoxy groups -OCH3 is 2. The summed E-state index contributed by atoms with van der Waals surface area (Å²) < 4.78 is 10.1. The summed E-state index contributed by atoms with van der Waals surface area (Å²) in [5, 5.41) is 0. The Kier molecular flexibility index (Phi) is 5.81. The second kappa shape index (κ2) is 7.13. The van der Waals surface area contributed by atoms with Crippen molar-refractivity contribution in [2.24, 2.45) is 0 Å². The Labute approximate surface area is 121 Å². The maximum atomic E-state index is 11.3. The van der Waals surface area contributed by atoms with Crippen molar-refractivity contribution in [1.82, 2.24) is 0 Å². The molecule has 0 unspecified atom stereocenters. The predicted octanol–water partition coefficient (Wildman–Crippen LogP) is 4.13. The van der Waals surface area contributed by atoms with E-state index in [4.69, 9.17) is 4.74 Å². The predicted molar refractivity (Wildman–Crippen MR) is 82.2 cm³/mol. The van der Waals surface area contributed by atoms with E-state index in [-0.39, 0.29) is 5.97 Å². The first-order valence-corrected chi connectivity index (χ1v) is 6.88. The molecule has 0 bridgehead atoms. The Morgan fingerprint density at radius 3 is 2.10 bits per heavy atom. The molecule has 1 rings (SSSR count). The molecule has 0 fully saturated rings. The van der Waals surface area contributed by atoms with E-state index in [2.05, 4.69) is 44.6 Å². The Balaban J connectivity index is 3.35. The van der Waals surface area contributed by atoms with Gasteiger partial charge in [-0.1, -0.05) is 27.7 Å². The first-order chi connectivity index (χ1) is 9.40. The van der Waals surface area contributed by atoms with Gasteiger partial charge in [-0.15, -0.1) is 0 Å². The summed E-state index contributed by atoms with van der Waals surface area (Å²) in [6, 6.07) is 4.16. The van der Waals surface area contributed by atoms with Gasteiger partial charge in [0.2, 0.25) is 0 Å². The Morgan fingerprint density at radius 1 is 1.05 bits per heavy atom. The van der Waals surface area contributed by atoms with Gasteiger partial charge < -0.3 is 9.47 Å². The van der Waals surface area contributed by atoms with Crippen LogP contribution < -0.4 is 4.74 Å². The average Bonchev–Trinajstić information content (AvgIpc) is 2.43. The van der Waals surface area contributed by atoms with Crippen molar-refractivity contribution in [2.75, 3.05) is 14.2 Å². The van der Waals surface area contributed by atoms with E-state index in [9.17, 15) is 4.79 Å². The molecule has 0 spiro atoms. The molecule has 110 valence electrons. The monoisotopic (exact) mass is 276 g/mol. The summed E-state index contributed by atoms with van der Waals surface area (Å²) >= 11 is 0. The van der Waals surface area contributed by atoms with Gasteiger partial charge in [-0.3, -0.25) is 0 Å². The summed E-state index contributed by atoms with van der Waals surface area (Å²) in [5.41, 5.74) is 3.34. The second-order valence-corrected chi connectivity index (χ2v) is 5.39. The van der Waals surface area contributed by atoms with E-state index in [1.807, 2.05) is 6.08 Å². The molecular weight excluding hydrogens is 252 g/mol. The molecule has 0 aliphatic carbocycles. The smallest absolute Gasteiger partial charge is 0.330 e. The zero-order valence-electron chi connectivity index (χ0n) is 13.2. The molecule has 0 aliphatic rings. The molecule has 0 atom stereocenters. The first kappa shape index (κ1) is 16.3. The minimum absolute atomic E-state index is 0.346. The van der Waals surface area contributed by atoms with Crippen molar-refractivity contribution >= 4 is 12.0 Å². The third kappa shape index (κ3) is 3.86. The Morgan fingerprint density at radius 2 is 1.65 bits per heavy atom. The number of ether oxygens (including phenoxy) is 2. The third-order valence-corrected chi connectivity index (χ3v) is 3.28. The first-order valence-electron chi connectivity index (χ1n) is 6.88. The van der Waals surface area contributed by atoms with Crippen LogP contribution in [-0.2, 0) is 9.53 Å². The fraction of sp³-hybridized carbons (Fsp3) is 0.471. The highest BCUT2D eigenvalue weighted by Gasteiger charge is 2.14. The van der Waals surface area contributed by atoms with E-state index in [1.165, 1.54) is 13.2 Å².